The van der Waals surface area contributed by atoms with Gasteiger partial charge in [0.2, 0.25) is 5.91 Å². The molecule has 1 amide bonds. The summed E-state index contributed by atoms with van der Waals surface area (Å²) in [6, 6.07) is 2.18. The van der Waals surface area contributed by atoms with Gasteiger partial charge in [0.25, 0.3) is 0 Å². The maximum Gasteiger partial charge on any atom is 0.221 e. The normalized spacial score (nSPS) is 11.1. The average Bonchev–Trinajstić information content (AvgIpc) is 2.72. The van der Waals surface area contributed by atoms with Crippen molar-refractivity contribution in [1.29, 1.82) is 0 Å². The molecule has 1 aromatic rings. The summed E-state index contributed by atoms with van der Waals surface area (Å²) in [7, 11) is 0. The van der Waals surface area contributed by atoms with Crippen molar-refractivity contribution in [2.45, 2.75) is 45.4 Å². The molecule has 0 unspecified atom stereocenters. The van der Waals surface area contributed by atoms with Crippen LogP contribution in [0.5, 0.6) is 0 Å². The Bertz CT molecular complexity index is 368. The Labute approximate surface area is 108 Å². The van der Waals surface area contributed by atoms with Crippen LogP contribution in [0, 0.1) is 0 Å². The van der Waals surface area contributed by atoms with Gasteiger partial charge in [0, 0.05) is 11.3 Å². The fourth-order valence-electron chi connectivity index (χ4n) is 1.72. The van der Waals surface area contributed by atoms with Gasteiger partial charge in [-0.25, -0.2) is 0 Å². The van der Waals surface area contributed by atoms with Crippen LogP contribution in [0.1, 0.15) is 49.5 Å². The second kappa shape index (κ2) is 8.07. The predicted molar refractivity (Wildman–Crippen MR) is 75.0 cm³/mol. The number of rotatable bonds is 8. The second-order valence-electron chi connectivity index (χ2n) is 4.19. The van der Waals surface area contributed by atoms with E-state index in [0.29, 0.717) is 6.42 Å². The molecule has 3 heteroatoms. The molecule has 0 radical (unpaired) electrons. The number of thiophene rings is 1. The van der Waals surface area contributed by atoms with Crippen molar-refractivity contribution in [3.8, 4) is 0 Å². The van der Waals surface area contributed by atoms with Gasteiger partial charge in [-0.05, 0) is 35.9 Å². The predicted octanol–water partition coefficient (Wildman–Crippen LogP) is 3.76. The Morgan fingerprint density at radius 1 is 1.41 bits per heavy atom. The molecule has 94 valence electrons. The molecule has 2 nitrogen and oxygen atoms in total. The van der Waals surface area contributed by atoms with Crippen LogP contribution in [-0.4, -0.2) is 5.91 Å². The highest BCUT2D eigenvalue weighted by molar-refractivity contribution is 7.11. The van der Waals surface area contributed by atoms with Crippen molar-refractivity contribution in [3.05, 3.63) is 28.0 Å². The van der Waals surface area contributed by atoms with E-state index in [9.17, 15) is 4.79 Å². The highest BCUT2D eigenvalue weighted by Gasteiger charge is 2.01. The van der Waals surface area contributed by atoms with E-state index >= 15 is 0 Å². The minimum absolute atomic E-state index is 0.276. The van der Waals surface area contributed by atoms with E-state index < -0.39 is 0 Å². The van der Waals surface area contributed by atoms with E-state index in [-0.39, 0.29) is 5.91 Å². The largest absolute Gasteiger partial charge is 0.369 e. The first-order valence-electron chi connectivity index (χ1n) is 6.25. The van der Waals surface area contributed by atoms with Crippen molar-refractivity contribution < 1.29 is 4.79 Å². The van der Waals surface area contributed by atoms with Crippen molar-refractivity contribution in [2.24, 2.45) is 5.73 Å². The number of carbonyl (C=O) groups excluding carboxylic acids is 1. The van der Waals surface area contributed by atoms with E-state index in [0.717, 1.165) is 6.42 Å². The molecule has 1 rings (SSSR count). The van der Waals surface area contributed by atoms with Gasteiger partial charge in [0.1, 0.15) is 0 Å². The van der Waals surface area contributed by atoms with E-state index in [1.807, 2.05) is 12.2 Å². The van der Waals surface area contributed by atoms with Gasteiger partial charge in [0.05, 0.1) is 0 Å². The van der Waals surface area contributed by atoms with Gasteiger partial charge in [0.15, 0.2) is 0 Å². The van der Waals surface area contributed by atoms with E-state index in [2.05, 4.69) is 18.4 Å². The van der Waals surface area contributed by atoms with Crippen LogP contribution in [-0.2, 0) is 11.2 Å². The third-order valence-electron chi connectivity index (χ3n) is 2.67. The summed E-state index contributed by atoms with van der Waals surface area (Å²) in [5.41, 5.74) is 6.49. The fraction of sp³-hybridized carbons (Fsp3) is 0.500. The monoisotopic (exact) mass is 251 g/mol. The average molecular weight is 251 g/mol. The molecule has 0 saturated heterocycles. The van der Waals surface area contributed by atoms with Crippen molar-refractivity contribution >= 4 is 23.3 Å². The Kier molecular flexibility index (Phi) is 6.63. The van der Waals surface area contributed by atoms with E-state index in [4.69, 9.17) is 5.73 Å². The molecule has 0 aliphatic heterocycles. The van der Waals surface area contributed by atoms with Crippen LogP contribution in [0.2, 0.25) is 0 Å². The van der Waals surface area contributed by atoms with Crippen molar-refractivity contribution in [1.82, 2.24) is 0 Å². The van der Waals surface area contributed by atoms with Crippen LogP contribution < -0.4 is 5.73 Å². The van der Waals surface area contributed by atoms with Crippen LogP contribution in [0.3, 0.4) is 0 Å². The summed E-state index contributed by atoms with van der Waals surface area (Å²) in [5.74, 6) is -0.276. The molecule has 0 fully saturated rings. The number of primary amides is 1. The van der Waals surface area contributed by atoms with Crippen LogP contribution >= 0.6 is 11.3 Å². The minimum Gasteiger partial charge on any atom is -0.369 e. The number of hydrogen-bond donors (Lipinski definition) is 1. The molecular weight excluding hydrogens is 230 g/mol. The molecule has 0 bridgehead atoms. The zero-order valence-electron chi connectivity index (χ0n) is 10.4. The molecule has 0 saturated carbocycles. The molecule has 1 heterocycles. The SMILES string of the molecule is CCCCCCc1ccsc1C=CCC(N)=O. The van der Waals surface area contributed by atoms with E-state index in [1.54, 1.807) is 11.3 Å². The Balaban J connectivity index is 2.42. The zero-order valence-corrected chi connectivity index (χ0v) is 11.3. The van der Waals surface area contributed by atoms with Gasteiger partial charge >= 0.3 is 0 Å². The highest BCUT2D eigenvalue weighted by atomic mass is 32.1. The quantitative estimate of drug-likeness (QED) is 0.702. The van der Waals surface area contributed by atoms with Gasteiger partial charge in [-0.3, -0.25) is 4.79 Å². The molecule has 0 aliphatic rings. The maximum absolute atomic E-state index is 10.6. The van der Waals surface area contributed by atoms with Crippen LogP contribution in [0.15, 0.2) is 17.5 Å². The molecule has 17 heavy (non-hydrogen) atoms. The Morgan fingerprint density at radius 2 is 2.24 bits per heavy atom. The third kappa shape index (κ3) is 5.68. The summed E-state index contributed by atoms with van der Waals surface area (Å²) < 4.78 is 0. The third-order valence-corrected chi connectivity index (χ3v) is 3.59. The lowest BCUT2D eigenvalue weighted by molar-refractivity contribution is -0.117. The number of carbonyl (C=O) groups is 1. The lowest BCUT2D eigenvalue weighted by Gasteiger charge is -2.00. The van der Waals surface area contributed by atoms with Gasteiger partial charge < -0.3 is 5.73 Å². The van der Waals surface area contributed by atoms with Gasteiger partial charge in [-0.15, -0.1) is 11.3 Å². The maximum atomic E-state index is 10.6. The van der Waals surface area contributed by atoms with Crippen molar-refractivity contribution in [2.75, 3.05) is 0 Å². The summed E-state index contributed by atoms with van der Waals surface area (Å²) in [6.45, 7) is 2.22. The number of hydrogen-bond acceptors (Lipinski definition) is 2. The number of amides is 1. The van der Waals surface area contributed by atoms with Gasteiger partial charge in [-0.1, -0.05) is 32.3 Å². The first-order chi connectivity index (χ1) is 8.24. The fourth-order valence-corrected chi connectivity index (χ4v) is 2.60. The number of unbranched alkanes of at least 4 members (excludes halogenated alkanes) is 3. The summed E-state index contributed by atoms with van der Waals surface area (Å²) in [6.07, 6.45) is 10.5. The minimum atomic E-state index is -0.276. The lowest BCUT2D eigenvalue weighted by atomic mass is 10.1. The van der Waals surface area contributed by atoms with Crippen LogP contribution in [0.25, 0.3) is 6.08 Å². The molecule has 0 aliphatic carbocycles. The molecular formula is C14H21NOS. The molecule has 0 spiro atoms. The lowest BCUT2D eigenvalue weighted by Crippen LogP contribution is -2.07. The summed E-state index contributed by atoms with van der Waals surface area (Å²) in [5, 5.41) is 2.11. The molecule has 2 N–H and O–H groups in total. The zero-order chi connectivity index (χ0) is 12.5. The summed E-state index contributed by atoms with van der Waals surface area (Å²) >= 11 is 1.73. The molecule has 0 aromatic carbocycles. The molecule has 1 aromatic heterocycles. The van der Waals surface area contributed by atoms with Crippen LogP contribution in [0.4, 0.5) is 0 Å². The Morgan fingerprint density at radius 3 is 2.94 bits per heavy atom. The number of aryl methyl sites for hydroxylation is 1. The highest BCUT2D eigenvalue weighted by Crippen LogP contribution is 2.21. The summed E-state index contributed by atoms with van der Waals surface area (Å²) in [4.78, 5) is 11.9. The first-order valence-corrected chi connectivity index (χ1v) is 7.13. The standard InChI is InChI=1S/C14H21NOS/c1-2-3-4-5-7-12-10-11-17-13(12)8-6-9-14(15)16/h6,8,10-11H,2-5,7,9H2,1H3,(H2,15,16). The van der Waals surface area contributed by atoms with Gasteiger partial charge in [-0.2, -0.15) is 0 Å². The smallest absolute Gasteiger partial charge is 0.221 e. The Hall–Kier alpha value is -1.09. The number of nitrogens with two attached hydrogens (primary N) is 1. The molecule has 0 atom stereocenters. The topological polar surface area (TPSA) is 43.1 Å². The first kappa shape index (κ1) is 14.0. The van der Waals surface area contributed by atoms with Crippen molar-refractivity contribution in [3.63, 3.8) is 0 Å². The second-order valence-corrected chi connectivity index (χ2v) is 5.14. The van der Waals surface area contributed by atoms with E-state index in [1.165, 1.54) is 36.1 Å².